The minimum atomic E-state index is -0.222. The van der Waals surface area contributed by atoms with E-state index in [2.05, 4.69) is 10.1 Å². The number of aromatic nitrogens is 2. The Hall–Kier alpha value is -2.86. The van der Waals surface area contributed by atoms with Gasteiger partial charge in [-0.1, -0.05) is 41.0 Å². The standard InChI is InChI=1S/C20H18ClN3O3/c1-26-16-7-5-13(6-8-16)12-24-17(9-10-18(24)25)20-22-19(23-27-20)14-3-2-4-15(21)11-14/h2-8,11,17H,9-10,12H2,1H3. The fraction of sp³-hybridized carbons (Fsp3) is 0.250. The molecule has 3 aromatic rings. The molecule has 1 aromatic heterocycles. The number of methoxy groups -OCH3 is 1. The highest BCUT2D eigenvalue weighted by Gasteiger charge is 2.36. The summed E-state index contributed by atoms with van der Waals surface area (Å²) < 4.78 is 10.7. The van der Waals surface area contributed by atoms with E-state index in [9.17, 15) is 4.79 Å². The third-order valence-corrected chi connectivity index (χ3v) is 4.88. The number of ether oxygens (including phenoxy) is 1. The molecule has 4 rings (SSSR count). The molecular weight excluding hydrogens is 366 g/mol. The molecule has 2 aromatic carbocycles. The molecule has 2 heterocycles. The number of carbonyl (C=O) groups excluding carboxylic acids is 1. The number of likely N-dealkylation sites (tertiary alicyclic amines) is 1. The van der Waals surface area contributed by atoms with Gasteiger partial charge in [0.25, 0.3) is 0 Å². The first-order valence-electron chi connectivity index (χ1n) is 8.66. The SMILES string of the molecule is COc1ccc(CN2C(=O)CCC2c2nc(-c3cccc(Cl)c3)no2)cc1. The van der Waals surface area contributed by atoms with E-state index >= 15 is 0 Å². The van der Waals surface area contributed by atoms with Crippen LogP contribution in [0.15, 0.2) is 53.1 Å². The highest BCUT2D eigenvalue weighted by atomic mass is 35.5. The van der Waals surface area contributed by atoms with E-state index in [0.29, 0.717) is 36.1 Å². The molecule has 0 radical (unpaired) electrons. The number of hydrogen-bond donors (Lipinski definition) is 0. The highest BCUT2D eigenvalue weighted by molar-refractivity contribution is 6.30. The Morgan fingerprint density at radius 3 is 2.81 bits per heavy atom. The van der Waals surface area contributed by atoms with E-state index in [1.807, 2.05) is 36.4 Å². The van der Waals surface area contributed by atoms with Crippen LogP contribution in [0.3, 0.4) is 0 Å². The largest absolute Gasteiger partial charge is 0.497 e. The third kappa shape index (κ3) is 3.66. The summed E-state index contributed by atoms with van der Waals surface area (Å²) >= 11 is 6.03. The fourth-order valence-electron chi connectivity index (χ4n) is 3.23. The molecule has 1 aliphatic heterocycles. The van der Waals surface area contributed by atoms with Crippen LogP contribution < -0.4 is 4.74 Å². The molecule has 7 heteroatoms. The molecule has 1 atom stereocenters. The average Bonchev–Trinajstić information content (AvgIpc) is 3.30. The Kier molecular flexibility index (Phi) is 4.81. The van der Waals surface area contributed by atoms with Gasteiger partial charge in [-0.05, 0) is 36.2 Å². The molecular formula is C20H18ClN3O3. The van der Waals surface area contributed by atoms with Crippen molar-refractivity contribution in [2.45, 2.75) is 25.4 Å². The van der Waals surface area contributed by atoms with Gasteiger partial charge in [0, 0.05) is 23.6 Å². The molecule has 0 saturated carbocycles. The Balaban J connectivity index is 1.56. The number of amides is 1. The van der Waals surface area contributed by atoms with Gasteiger partial charge in [-0.2, -0.15) is 4.98 Å². The van der Waals surface area contributed by atoms with Crippen molar-refractivity contribution >= 4 is 17.5 Å². The van der Waals surface area contributed by atoms with E-state index in [4.69, 9.17) is 20.9 Å². The van der Waals surface area contributed by atoms with E-state index < -0.39 is 0 Å². The predicted octanol–water partition coefficient (Wildman–Crippen LogP) is 4.26. The monoisotopic (exact) mass is 383 g/mol. The molecule has 0 bridgehead atoms. The third-order valence-electron chi connectivity index (χ3n) is 4.65. The summed E-state index contributed by atoms with van der Waals surface area (Å²) in [6.45, 7) is 0.488. The first-order chi connectivity index (χ1) is 13.1. The van der Waals surface area contributed by atoms with Crippen molar-refractivity contribution in [3.05, 3.63) is 65.0 Å². The van der Waals surface area contributed by atoms with Crippen LogP contribution in [0.1, 0.15) is 30.3 Å². The van der Waals surface area contributed by atoms with Crippen LogP contribution in [0, 0.1) is 0 Å². The zero-order valence-corrected chi connectivity index (χ0v) is 15.5. The molecule has 1 amide bonds. The fourth-order valence-corrected chi connectivity index (χ4v) is 3.42. The lowest BCUT2D eigenvalue weighted by molar-refractivity contribution is -0.129. The van der Waals surface area contributed by atoms with Crippen molar-refractivity contribution in [3.63, 3.8) is 0 Å². The summed E-state index contributed by atoms with van der Waals surface area (Å²) in [6.07, 6.45) is 1.13. The molecule has 27 heavy (non-hydrogen) atoms. The number of carbonyl (C=O) groups is 1. The summed E-state index contributed by atoms with van der Waals surface area (Å²) in [4.78, 5) is 18.7. The molecule has 138 valence electrons. The van der Waals surface area contributed by atoms with Crippen LogP contribution in [-0.4, -0.2) is 28.1 Å². The second-order valence-electron chi connectivity index (χ2n) is 6.39. The molecule has 0 N–H and O–H groups in total. The van der Waals surface area contributed by atoms with Crippen LogP contribution in [0.5, 0.6) is 5.75 Å². The van der Waals surface area contributed by atoms with Crippen LogP contribution in [-0.2, 0) is 11.3 Å². The van der Waals surface area contributed by atoms with Gasteiger partial charge < -0.3 is 14.2 Å². The Bertz CT molecular complexity index is 955. The van der Waals surface area contributed by atoms with Crippen molar-refractivity contribution in [1.29, 1.82) is 0 Å². The quantitative estimate of drug-likeness (QED) is 0.658. The number of nitrogens with zero attached hydrogens (tertiary/aromatic N) is 3. The number of benzene rings is 2. The number of halogens is 1. The summed E-state index contributed by atoms with van der Waals surface area (Å²) in [5, 5.41) is 4.67. The summed E-state index contributed by atoms with van der Waals surface area (Å²) in [5.74, 6) is 1.78. The Morgan fingerprint density at radius 2 is 2.07 bits per heavy atom. The molecule has 6 nitrogen and oxygen atoms in total. The minimum Gasteiger partial charge on any atom is -0.497 e. The number of rotatable bonds is 5. The Labute approximate surface area is 161 Å². The van der Waals surface area contributed by atoms with Crippen molar-refractivity contribution in [2.24, 2.45) is 0 Å². The summed E-state index contributed by atoms with van der Waals surface area (Å²) in [7, 11) is 1.63. The Morgan fingerprint density at radius 1 is 1.26 bits per heavy atom. The molecule has 1 unspecified atom stereocenters. The lowest BCUT2D eigenvalue weighted by Crippen LogP contribution is -2.27. The normalized spacial score (nSPS) is 16.7. The molecule has 1 fully saturated rings. The molecule has 1 aliphatic rings. The smallest absolute Gasteiger partial charge is 0.249 e. The maximum atomic E-state index is 12.4. The van der Waals surface area contributed by atoms with E-state index in [1.165, 1.54) is 0 Å². The van der Waals surface area contributed by atoms with Gasteiger partial charge in [-0.3, -0.25) is 4.79 Å². The zero-order chi connectivity index (χ0) is 18.8. The van der Waals surface area contributed by atoms with E-state index in [0.717, 1.165) is 16.9 Å². The van der Waals surface area contributed by atoms with Gasteiger partial charge in [-0.25, -0.2) is 0 Å². The van der Waals surface area contributed by atoms with Gasteiger partial charge >= 0.3 is 0 Å². The first kappa shape index (κ1) is 17.5. The van der Waals surface area contributed by atoms with Gasteiger partial charge in [0.15, 0.2) is 0 Å². The first-order valence-corrected chi connectivity index (χ1v) is 9.04. The summed E-state index contributed by atoms with van der Waals surface area (Å²) in [6, 6.07) is 14.7. The van der Waals surface area contributed by atoms with Gasteiger partial charge in [-0.15, -0.1) is 0 Å². The van der Waals surface area contributed by atoms with E-state index in [-0.39, 0.29) is 11.9 Å². The van der Waals surface area contributed by atoms with Gasteiger partial charge in [0.1, 0.15) is 11.8 Å². The van der Waals surface area contributed by atoms with Gasteiger partial charge in [0.2, 0.25) is 17.6 Å². The molecule has 0 spiro atoms. The van der Waals surface area contributed by atoms with Crippen molar-refractivity contribution < 1.29 is 14.1 Å². The average molecular weight is 384 g/mol. The molecule has 1 saturated heterocycles. The van der Waals surface area contributed by atoms with Crippen molar-refractivity contribution in [2.75, 3.05) is 7.11 Å². The second kappa shape index (κ2) is 7.40. The zero-order valence-electron chi connectivity index (χ0n) is 14.8. The maximum Gasteiger partial charge on any atom is 0.249 e. The summed E-state index contributed by atoms with van der Waals surface area (Å²) in [5.41, 5.74) is 1.80. The molecule has 0 aliphatic carbocycles. The number of hydrogen-bond acceptors (Lipinski definition) is 5. The topological polar surface area (TPSA) is 68.5 Å². The lowest BCUT2D eigenvalue weighted by atomic mass is 10.1. The maximum absolute atomic E-state index is 12.4. The van der Waals surface area contributed by atoms with E-state index in [1.54, 1.807) is 24.1 Å². The van der Waals surface area contributed by atoms with Crippen LogP contribution in [0.4, 0.5) is 0 Å². The van der Waals surface area contributed by atoms with Crippen molar-refractivity contribution in [1.82, 2.24) is 15.0 Å². The van der Waals surface area contributed by atoms with Crippen LogP contribution in [0.25, 0.3) is 11.4 Å². The van der Waals surface area contributed by atoms with Gasteiger partial charge in [0.05, 0.1) is 7.11 Å². The highest BCUT2D eigenvalue weighted by Crippen LogP contribution is 2.34. The van der Waals surface area contributed by atoms with Crippen LogP contribution in [0.2, 0.25) is 5.02 Å². The predicted molar refractivity (Wildman–Crippen MR) is 100 cm³/mol. The minimum absolute atomic E-state index is 0.0818. The second-order valence-corrected chi connectivity index (χ2v) is 6.83. The lowest BCUT2D eigenvalue weighted by Gasteiger charge is -2.22. The van der Waals surface area contributed by atoms with Crippen molar-refractivity contribution in [3.8, 4) is 17.1 Å². The van der Waals surface area contributed by atoms with Crippen LogP contribution >= 0.6 is 11.6 Å².